The molecule has 0 unspecified atom stereocenters. The molecule has 7 heteroatoms. The SMILES string of the molecule is COC(=O)C1=C(c2ccc(F)c(Cl)c2)C[C@](C)(C(F)(F)F)[C@@H]1C. The maximum absolute atomic E-state index is 13.5. The van der Waals surface area contributed by atoms with Gasteiger partial charge in [-0.15, -0.1) is 0 Å². The largest absolute Gasteiger partial charge is 0.466 e. The van der Waals surface area contributed by atoms with Crippen molar-refractivity contribution in [1.29, 1.82) is 0 Å². The minimum absolute atomic E-state index is 0.0463. The van der Waals surface area contributed by atoms with Crippen molar-refractivity contribution >= 4 is 23.1 Å². The third-order valence-corrected chi connectivity index (χ3v) is 4.87. The fourth-order valence-electron chi connectivity index (χ4n) is 2.89. The minimum atomic E-state index is -4.50. The summed E-state index contributed by atoms with van der Waals surface area (Å²) in [4.78, 5) is 12.0. The zero-order valence-corrected chi connectivity index (χ0v) is 13.5. The van der Waals surface area contributed by atoms with Gasteiger partial charge in [0.05, 0.1) is 17.5 Å². The Morgan fingerprint density at radius 3 is 2.48 bits per heavy atom. The molecule has 126 valence electrons. The Labute approximate surface area is 136 Å². The Morgan fingerprint density at radius 2 is 2.00 bits per heavy atom. The number of benzene rings is 1. The second kappa shape index (κ2) is 5.82. The molecule has 0 saturated heterocycles. The number of carbonyl (C=O) groups excluding carboxylic acids is 1. The standard InChI is InChI=1S/C16H15ClF4O2/c1-8-13(14(22)23-3)10(7-15(8,2)16(19,20)21)9-4-5-12(18)11(17)6-9/h4-6,8H,7H2,1-3H3/t8-,15+/m1/s1. The van der Waals surface area contributed by atoms with E-state index in [-0.39, 0.29) is 21.7 Å². The summed E-state index contributed by atoms with van der Waals surface area (Å²) in [5.74, 6) is -2.59. The average Bonchev–Trinajstić information content (AvgIpc) is 2.74. The van der Waals surface area contributed by atoms with Gasteiger partial charge < -0.3 is 4.74 Å². The Morgan fingerprint density at radius 1 is 1.39 bits per heavy atom. The molecule has 0 bridgehead atoms. The van der Waals surface area contributed by atoms with E-state index in [9.17, 15) is 22.4 Å². The van der Waals surface area contributed by atoms with Gasteiger partial charge in [0.2, 0.25) is 0 Å². The first-order chi connectivity index (χ1) is 10.5. The lowest BCUT2D eigenvalue weighted by atomic mass is 9.77. The highest BCUT2D eigenvalue weighted by molar-refractivity contribution is 6.31. The fraction of sp³-hybridized carbons (Fsp3) is 0.438. The van der Waals surface area contributed by atoms with Gasteiger partial charge in [-0.2, -0.15) is 13.2 Å². The van der Waals surface area contributed by atoms with Gasteiger partial charge in [0, 0.05) is 11.5 Å². The van der Waals surface area contributed by atoms with Gasteiger partial charge in [0.15, 0.2) is 0 Å². The van der Waals surface area contributed by atoms with E-state index in [0.717, 1.165) is 20.1 Å². The molecule has 2 nitrogen and oxygen atoms in total. The van der Waals surface area contributed by atoms with Crippen LogP contribution in [0.5, 0.6) is 0 Å². The molecule has 0 radical (unpaired) electrons. The van der Waals surface area contributed by atoms with Crippen molar-refractivity contribution in [2.24, 2.45) is 11.3 Å². The fourth-order valence-corrected chi connectivity index (χ4v) is 3.07. The molecule has 0 heterocycles. The number of halogens is 5. The van der Waals surface area contributed by atoms with Crippen molar-refractivity contribution in [2.45, 2.75) is 26.4 Å². The van der Waals surface area contributed by atoms with E-state index < -0.39 is 35.7 Å². The lowest BCUT2D eigenvalue weighted by molar-refractivity contribution is -0.225. The lowest BCUT2D eigenvalue weighted by Gasteiger charge is -2.32. The Hall–Kier alpha value is -1.56. The van der Waals surface area contributed by atoms with Crippen LogP contribution in [0.1, 0.15) is 25.8 Å². The van der Waals surface area contributed by atoms with Crippen LogP contribution in [0.15, 0.2) is 23.8 Å². The summed E-state index contributed by atoms with van der Waals surface area (Å²) in [6.45, 7) is 2.41. The highest BCUT2D eigenvalue weighted by Gasteiger charge is 2.60. The summed E-state index contributed by atoms with van der Waals surface area (Å²) in [5, 5.41) is -0.215. The first-order valence-corrected chi connectivity index (χ1v) is 7.24. The van der Waals surface area contributed by atoms with Gasteiger partial charge in [-0.25, -0.2) is 9.18 Å². The van der Waals surface area contributed by atoms with Gasteiger partial charge >= 0.3 is 12.1 Å². The molecule has 23 heavy (non-hydrogen) atoms. The number of methoxy groups -OCH3 is 1. The molecule has 0 saturated carbocycles. The van der Waals surface area contributed by atoms with Crippen LogP contribution in [0.3, 0.4) is 0 Å². The zero-order valence-electron chi connectivity index (χ0n) is 12.7. The van der Waals surface area contributed by atoms with E-state index in [0.29, 0.717) is 0 Å². The van der Waals surface area contributed by atoms with Crippen molar-refractivity contribution in [1.82, 2.24) is 0 Å². The Bertz CT molecular complexity index is 681. The van der Waals surface area contributed by atoms with Crippen LogP contribution in [-0.4, -0.2) is 19.3 Å². The number of hydrogen-bond acceptors (Lipinski definition) is 2. The van der Waals surface area contributed by atoms with Crippen LogP contribution < -0.4 is 0 Å². The molecule has 0 amide bonds. The third kappa shape index (κ3) is 2.84. The molecular weight excluding hydrogens is 336 g/mol. The van der Waals surface area contributed by atoms with Crippen LogP contribution in [0.25, 0.3) is 5.57 Å². The molecule has 2 rings (SSSR count). The smallest absolute Gasteiger partial charge is 0.395 e. The quantitative estimate of drug-likeness (QED) is 0.553. The molecule has 2 atom stereocenters. The number of allylic oxidation sites excluding steroid dienone is 1. The maximum atomic E-state index is 13.5. The second-order valence-corrected chi connectivity index (χ2v) is 6.23. The first kappa shape index (κ1) is 17.8. The lowest BCUT2D eigenvalue weighted by Crippen LogP contribution is -2.39. The summed E-state index contributed by atoms with van der Waals surface area (Å²) < 4.78 is 58.5. The van der Waals surface area contributed by atoms with Crippen molar-refractivity contribution in [3.8, 4) is 0 Å². The molecule has 1 aromatic carbocycles. The number of alkyl halides is 3. The molecule has 0 fully saturated rings. The van der Waals surface area contributed by atoms with Crippen molar-refractivity contribution < 1.29 is 27.1 Å². The third-order valence-electron chi connectivity index (χ3n) is 4.58. The van der Waals surface area contributed by atoms with E-state index >= 15 is 0 Å². The summed E-state index contributed by atoms with van der Waals surface area (Å²) in [6.07, 6.45) is -4.90. The van der Waals surface area contributed by atoms with Gasteiger partial charge in [-0.3, -0.25) is 0 Å². The number of ether oxygens (including phenoxy) is 1. The van der Waals surface area contributed by atoms with Crippen LogP contribution in [0.2, 0.25) is 5.02 Å². The van der Waals surface area contributed by atoms with E-state index in [1.807, 2.05) is 0 Å². The zero-order chi connectivity index (χ0) is 17.6. The molecule has 0 aliphatic heterocycles. The predicted molar refractivity (Wildman–Crippen MR) is 78.3 cm³/mol. The van der Waals surface area contributed by atoms with E-state index in [1.54, 1.807) is 0 Å². The molecular formula is C16H15ClF4O2. The number of esters is 1. The Kier molecular flexibility index (Phi) is 4.50. The van der Waals surface area contributed by atoms with Gasteiger partial charge in [0.25, 0.3) is 0 Å². The molecule has 0 spiro atoms. The summed E-state index contributed by atoms with van der Waals surface area (Å²) in [7, 11) is 1.11. The number of rotatable bonds is 2. The second-order valence-electron chi connectivity index (χ2n) is 5.83. The molecule has 1 aliphatic carbocycles. The monoisotopic (exact) mass is 350 g/mol. The van der Waals surface area contributed by atoms with Gasteiger partial charge in [-0.05, 0) is 29.7 Å². The first-order valence-electron chi connectivity index (χ1n) is 6.86. The van der Waals surface area contributed by atoms with E-state index in [1.165, 1.54) is 19.1 Å². The van der Waals surface area contributed by atoms with E-state index in [4.69, 9.17) is 11.6 Å². The molecule has 1 aromatic rings. The van der Waals surface area contributed by atoms with Crippen molar-refractivity contribution in [3.05, 3.63) is 40.2 Å². The highest BCUT2D eigenvalue weighted by Crippen LogP contribution is 2.58. The highest BCUT2D eigenvalue weighted by atomic mass is 35.5. The van der Waals surface area contributed by atoms with Crippen molar-refractivity contribution in [2.75, 3.05) is 7.11 Å². The van der Waals surface area contributed by atoms with Crippen LogP contribution >= 0.6 is 11.6 Å². The van der Waals surface area contributed by atoms with E-state index in [2.05, 4.69) is 4.74 Å². The summed E-state index contributed by atoms with van der Waals surface area (Å²) in [5.41, 5.74) is -1.68. The van der Waals surface area contributed by atoms with Crippen molar-refractivity contribution in [3.63, 3.8) is 0 Å². The summed E-state index contributed by atoms with van der Waals surface area (Å²) in [6, 6.07) is 3.60. The van der Waals surface area contributed by atoms with Gasteiger partial charge in [-0.1, -0.05) is 31.5 Å². The number of hydrogen-bond donors (Lipinski definition) is 0. The molecule has 1 aliphatic rings. The predicted octanol–water partition coefficient (Wildman–Crippen LogP) is 5.01. The molecule has 0 N–H and O–H groups in total. The van der Waals surface area contributed by atoms with Gasteiger partial charge in [0.1, 0.15) is 5.82 Å². The topological polar surface area (TPSA) is 26.3 Å². The summed E-state index contributed by atoms with van der Waals surface area (Å²) >= 11 is 5.71. The van der Waals surface area contributed by atoms with Crippen LogP contribution in [0, 0.1) is 17.2 Å². The van der Waals surface area contributed by atoms with Crippen LogP contribution in [0.4, 0.5) is 17.6 Å². The van der Waals surface area contributed by atoms with Crippen LogP contribution in [-0.2, 0) is 9.53 Å². The molecule has 0 aromatic heterocycles. The maximum Gasteiger partial charge on any atom is 0.395 e. The minimum Gasteiger partial charge on any atom is -0.466 e. The number of carbonyl (C=O) groups is 1. The Balaban J connectivity index is 2.62. The normalized spacial score (nSPS) is 25.0. The average molecular weight is 351 g/mol.